The fourth-order valence-electron chi connectivity index (χ4n) is 3.32. The van der Waals surface area contributed by atoms with Crippen LogP contribution < -0.4 is 5.32 Å². The minimum Gasteiger partial charge on any atom is -0.507 e. The van der Waals surface area contributed by atoms with Crippen LogP contribution in [0.2, 0.25) is 0 Å². The Kier molecular flexibility index (Phi) is 5.36. The summed E-state index contributed by atoms with van der Waals surface area (Å²) >= 11 is 0. The van der Waals surface area contributed by atoms with Crippen molar-refractivity contribution in [2.24, 2.45) is 0 Å². The third-order valence-electron chi connectivity index (χ3n) is 4.63. The number of nitrogens with one attached hydrogen (secondary N) is 1. The number of phenolic OH excluding ortho intramolecular Hbond substituents is 1. The van der Waals surface area contributed by atoms with E-state index in [1.807, 2.05) is 25.1 Å². The zero-order valence-electron chi connectivity index (χ0n) is 14.4. The number of benzene rings is 2. The van der Waals surface area contributed by atoms with Gasteiger partial charge in [-0.05, 0) is 36.6 Å². The number of hydrogen-bond acceptors (Lipinski definition) is 4. The highest BCUT2D eigenvalue weighted by Gasteiger charge is 2.31. The molecule has 0 bridgehead atoms. The number of aliphatic hydroxyl groups is 1. The lowest BCUT2D eigenvalue weighted by atomic mass is 10.1. The van der Waals surface area contributed by atoms with Gasteiger partial charge in [-0.3, -0.25) is 9.69 Å². The zero-order valence-corrected chi connectivity index (χ0v) is 14.4. The molecular formula is C20H24N2O3. The summed E-state index contributed by atoms with van der Waals surface area (Å²) in [6.45, 7) is 3.65. The first-order valence-corrected chi connectivity index (χ1v) is 8.57. The van der Waals surface area contributed by atoms with Gasteiger partial charge in [0.05, 0.1) is 11.7 Å². The van der Waals surface area contributed by atoms with Crippen molar-refractivity contribution in [1.29, 1.82) is 0 Å². The molecule has 3 N–H and O–H groups in total. The number of aliphatic hydroxyl groups excluding tert-OH is 1. The van der Waals surface area contributed by atoms with Gasteiger partial charge < -0.3 is 15.5 Å². The van der Waals surface area contributed by atoms with Crippen LogP contribution in [-0.2, 0) is 6.54 Å². The number of nitrogens with zero attached hydrogens (tertiary/aromatic N) is 1. The number of β-amino-alcohol motifs (C(OH)–C–C–N with tert-alkyl or cyclic N) is 1. The summed E-state index contributed by atoms with van der Waals surface area (Å²) in [5.41, 5.74) is 2.37. The number of aromatic hydroxyl groups is 1. The van der Waals surface area contributed by atoms with Gasteiger partial charge in [0, 0.05) is 25.7 Å². The normalized spacial score (nSPS) is 20.6. The third kappa shape index (κ3) is 4.38. The zero-order chi connectivity index (χ0) is 17.8. The smallest absolute Gasteiger partial charge is 0.255 e. The van der Waals surface area contributed by atoms with E-state index < -0.39 is 0 Å². The van der Waals surface area contributed by atoms with E-state index >= 15 is 0 Å². The minimum atomic E-state index is -0.376. The number of phenols is 1. The molecule has 2 atom stereocenters. The fraction of sp³-hybridized carbons (Fsp3) is 0.350. The van der Waals surface area contributed by atoms with Crippen molar-refractivity contribution in [2.45, 2.75) is 32.0 Å². The Morgan fingerprint density at radius 1 is 1.24 bits per heavy atom. The topological polar surface area (TPSA) is 72.8 Å². The summed E-state index contributed by atoms with van der Waals surface area (Å²) < 4.78 is 0. The van der Waals surface area contributed by atoms with Crippen LogP contribution in [0.3, 0.4) is 0 Å². The van der Waals surface area contributed by atoms with Crippen LogP contribution in [-0.4, -0.2) is 46.3 Å². The second-order valence-electron chi connectivity index (χ2n) is 6.69. The average molecular weight is 340 g/mol. The van der Waals surface area contributed by atoms with E-state index in [4.69, 9.17) is 0 Å². The fourth-order valence-corrected chi connectivity index (χ4v) is 3.32. The van der Waals surface area contributed by atoms with E-state index in [1.165, 1.54) is 5.56 Å². The molecular weight excluding hydrogens is 316 g/mol. The Bertz CT molecular complexity index is 733. The van der Waals surface area contributed by atoms with Crippen LogP contribution in [0.25, 0.3) is 0 Å². The first kappa shape index (κ1) is 17.5. The van der Waals surface area contributed by atoms with Gasteiger partial charge in [-0.25, -0.2) is 0 Å². The first-order valence-electron chi connectivity index (χ1n) is 8.57. The molecule has 2 aromatic carbocycles. The standard InChI is InChI=1S/C20H24N2O3/c1-14-7-8-18(19(24)9-14)20(25)21-11-16-10-17(23)13-22(16)12-15-5-3-2-4-6-15/h2-9,16-17,23-24H,10-13H2,1H3,(H,21,25)/t16-,17-/m1/s1. The van der Waals surface area contributed by atoms with Gasteiger partial charge in [-0.15, -0.1) is 0 Å². The maximum Gasteiger partial charge on any atom is 0.255 e. The Morgan fingerprint density at radius 2 is 2.00 bits per heavy atom. The van der Waals surface area contributed by atoms with Crippen molar-refractivity contribution in [1.82, 2.24) is 10.2 Å². The Hall–Kier alpha value is -2.37. The lowest BCUT2D eigenvalue weighted by Crippen LogP contribution is -2.39. The Labute approximate surface area is 147 Å². The van der Waals surface area contributed by atoms with Crippen molar-refractivity contribution in [3.05, 3.63) is 65.2 Å². The SMILES string of the molecule is Cc1ccc(C(=O)NC[C@H]2C[C@@H](O)CN2Cc2ccccc2)c(O)c1. The van der Waals surface area contributed by atoms with E-state index in [-0.39, 0.29) is 29.4 Å². The molecule has 0 unspecified atom stereocenters. The van der Waals surface area contributed by atoms with E-state index in [2.05, 4.69) is 22.3 Å². The summed E-state index contributed by atoms with van der Waals surface area (Å²) in [6.07, 6.45) is 0.255. The van der Waals surface area contributed by atoms with Crippen molar-refractivity contribution in [2.75, 3.05) is 13.1 Å². The quantitative estimate of drug-likeness (QED) is 0.779. The van der Waals surface area contributed by atoms with Crippen LogP contribution in [0.15, 0.2) is 48.5 Å². The number of carbonyl (C=O) groups is 1. The van der Waals surface area contributed by atoms with Gasteiger partial charge in [-0.2, -0.15) is 0 Å². The molecule has 1 saturated heterocycles. The second-order valence-corrected chi connectivity index (χ2v) is 6.69. The van der Waals surface area contributed by atoms with E-state index in [0.717, 1.165) is 12.1 Å². The predicted octanol–water partition coefficient (Wildman–Crippen LogP) is 2.07. The Morgan fingerprint density at radius 3 is 2.72 bits per heavy atom. The van der Waals surface area contributed by atoms with Crippen molar-refractivity contribution in [3.8, 4) is 5.75 Å². The monoisotopic (exact) mass is 340 g/mol. The van der Waals surface area contributed by atoms with Crippen LogP contribution in [0.1, 0.15) is 27.9 Å². The number of amides is 1. The Balaban J connectivity index is 1.61. The molecule has 0 aliphatic carbocycles. The van der Waals surface area contributed by atoms with Gasteiger partial charge in [0.1, 0.15) is 5.75 Å². The van der Waals surface area contributed by atoms with Gasteiger partial charge in [0.25, 0.3) is 5.91 Å². The van der Waals surface area contributed by atoms with E-state index in [1.54, 1.807) is 18.2 Å². The average Bonchev–Trinajstić information content (AvgIpc) is 2.93. The number of hydrogen-bond donors (Lipinski definition) is 3. The predicted molar refractivity (Wildman–Crippen MR) is 96.4 cm³/mol. The van der Waals surface area contributed by atoms with Gasteiger partial charge in [-0.1, -0.05) is 36.4 Å². The number of carbonyl (C=O) groups excluding carboxylic acids is 1. The van der Waals surface area contributed by atoms with Crippen LogP contribution >= 0.6 is 0 Å². The van der Waals surface area contributed by atoms with Crippen LogP contribution in [0, 0.1) is 6.92 Å². The van der Waals surface area contributed by atoms with E-state index in [9.17, 15) is 15.0 Å². The lowest BCUT2D eigenvalue weighted by Gasteiger charge is -2.24. The molecule has 1 amide bonds. The molecule has 0 saturated carbocycles. The summed E-state index contributed by atoms with van der Waals surface area (Å²) in [5.74, 6) is -0.302. The largest absolute Gasteiger partial charge is 0.507 e. The molecule has 132 valence electrons. The van der Waals surface area contributed by atoms with E-state index in [0.29, 0.717) is 19.5 Å². The summed E-state index contributed by atoms with van der Waals surface area (Å²) in [4.78, 5) is 14.5. The van der Waals surface area contributed by atoms with Crippen molar-refractivity contribution < 1.29 is 15.0 Å². The number of rotatable bonds is 5. The molecule has 2 aromatic rings. The summed E-state index contributed by atoms with van der Waals surface area (Å²) in [5, 5.41) is 22.8. The lowest BCUT2D eigenvalue weighted by molar-refractivity contribution is 0.0937. The maximum atomic E-state index is 12.3. The molecule has 1 fully saturated rings. The maximum absolute atomic E-state index is 12.3. The van der Waals surface area contributed by atoms with Crippen LogP contribution in [0.5, 0.6) is 5.75 Å². The molecule has 0 spiro atoms. The number of likely N-dealkylation sites (tertiary alicyclic amines) is 1. The van der Waals surface area contributed by atoms with Crippen LogP contribution in [0.4, 0.5) is 0 Å². The third-order valence-corrected chi connectivity index (χ3v) is 4.63. The number of aryl methyl sites for hydroxylation is 1. The molecule has 0 aromatic heterocycles. The van der Waals surface area contributed by atoms with Gasteiger partial charge >= 0.3 is 0 Å². The molecule has 25 heavy (non-hydrogen) atoms. The van der Waals surface area contributed by atoms with Crippen molar-refractivity contribution >= 4 is 5.91 Å². The van der Waals surface area contributed by atoms with Gasteiger partial charge in [0.15, 0.2) is 0 Å². The molecule has 3 rings (SSSR count). The molecule has 1 aliphatic heterocycles. The molecule has 0 radical (unpaired) electrons. The molecule has 5 nitrogen and oxygen atoms in total. The highest BCUT2D eigenvalue weighted by molar-refractivity contribution is 5.96. The molecule has 1 aliphatic rings. The second kappa shape index (κ2) is 7.68. The van der Waals surface area contributed by atoms with Crippen molar-refractivity contribution in [3.63, 3.8) is 0 Å². The molecule has 1 heterocycles. The molecule has 5 heteroatoms. The highest BCUT2D eigenvalue weighted by atomic mass is 16.3. The summed E-state index contributed by atoms with van der Waals surface area (Å²) in [7, 11) is 0. The first-order chi connectivity index (χ1) is 12.0. The van der Waals surface area contributed by atoms with Gasteiger partial charge in [0.2, 0.25) is 0 Å². The summed E-state index contributed by atoms with van der Waals surface area (Å²) in [6, 6.07) is 15.2. The minimum absolute atomic E-state index is 0.00917. The highest BCUT2D eigenvalue weighted by Crippen LogP contribution is 2.21.